The lowest BCUT2D eigenvalue weighted by Gasteiger charge is -2.02. The van der Waals surface area contributed by atoms with E-state index in [1.165, 1.54) is 0 Å². The van der Waals surface area contributed by atoms with E-state index in [1.54, 1.807) is 0 Å². The maximum atomic E-state index is 3.77. The van der Waals surface area contributed by atoms with Crippen molar-refractivity contribution in [2.24, 2.45) is 0 Å². The number of allylic oxidation sites excluding steroid dienone is 3. The van der Waals surface area contributed by atoms with Crippen molar-refractivity contribution in [3.05, 3.63) is 36.7 Å². The maximum absolute atomic E-state index is 3.77. The number of hydrogen-bond acceptors (Lipinski definition) is 1. The smallest absolute Gasteiger partial charge is 0.0305 e. The van der Waals surface area contributed by atoms with Crippen molar-refractivity contribution in [2.75, 3.05) is 0 Å². The van der Waals surface area contributed by atoms with E-state index in [1.807, 2.05) is 13.0 Å². The molecule has 0 aliphatic carbocycles. The van der Waals surface area contributed by atoms with Crippen LogP contribution in [0.15, 0.2) is 36.7 Å². The molecule has 1 N–H and O–H groups in total. The Hall–Kier alpha value is -0.980. The minimum absolute atomic E-state index is 0.898. The van der Waals surface area contributed by atoms with Crippen molar-refractivity contribution in [3.63, 3.8) is 0 Å². The zero-order valence-corrected chi connectivity index (χ0v) is 6.78. The molecule has 0 aromatic carbocycles. The van der Waals surface area contributed by atoms with Crippen LogP contribution in [0, 0.1) is 0 Å². The van der Waals surface area contributed by atoms with Crippen LogP contribution < -0.4 is 5.32 Å². The van der Waals surface area contributed by atoms with Gasteiger partial charge in [-0.25, -0.2) is 0 Å². The van der Waals surface area contributed by atoms with Gasteiger partial charge in [0.1, 0.15) is 0 Å². The van der Waals surface area contributed by atoms with E-state index >= 15 is 0 Å². The van der Waals surface area contributed by atoms with E-state index in [9.17, 15) is 0 Å². The average molecular weight is 137 g/mol. The molecule has 1 nitrogen and oxygen atoms in total. The first-order valence-corrected chi connectivity index (χ1v) is 3.44. The largest absolute Gasteiger partial charge is 0.360 e. The quantitative estimate of drug-likeness (QED) is 0.587. The lowest BCUT2D eigenvalue weighted by atomic mass is 10.3. The maximum Gasteiger partial charge on any atom is 0.0305 e. The van der Waals surface area contributed by atoms with Crippen LogP contribution in [0.25, 0.3) is 0 Å². The summed E-state index contributed by atoms with van der Waals surface area (Å²) in [6.45, 7) is 11.5. The van der Waals surface area contributed by atoms with Gasteiger partial charge >= 0.3 is 0 Å². The van der Waals surface area contributed by atoms with Gasteiger partial charge in [0.05, 0.1) is 0 Å². The molecule has 0 atom stereocenters. The van der Waals surface area contributed by atoms with Crippen LogP contribution in [0.3, 0.4) is 0 Å². The molecule has 0 bridgehead atoms. The molecule has 0 aromatic heterocycles. The Kier molecular flexibility index (Phi) is 4.38. The fourth-order valence-electron chi connectivity index (χ4n) is 0.576. The van der Waals surface area contributed by atoms with E-state index in [4.69, 9.17) is 0 Å². The molecule has 0 saturated heterocycles. The Bertz CT molecular complexity index is 154. The van der Waals surface area contributed by atoms with Gasteiger partial charge in [-0.2, -0.15) is 0 Å². The molecule has 56 valence electrons. The molecule has 0 heterocycles. The van der Waals surface area contributed by atoms with Crippen molar-refractivity contribution in [3.8, 4) is 0 Å². The van der Waals surface area contributed by atoms with E-state index < -0.39 is 0 Å². The van der Waals surface area contributed by atoms with E-state index in [0.717, 1.165) is 17.8 Å². The van der Waals surface area contributed by atoms with Gasteiger partial charge in [-0.1, -0.05) is 26.2 Å². The minimum Gasteiger partial charge on any atom is -0.360 e. The highest BCUT2D eigenvalue weighted by molar-refractivity contribution is 5.16. The lowest BCUT2D eigenvalue weighted by molar-refractivity contribution is 1.01. The van der Waals surface area contributed by atoms with Crippen molar-refractivity contribution < 1.29 is 0 Å². The molecule has 0 saturated carbocycles. The molecule has 1 heteroatoms. The Balaban J connectivity index is 3.64. The summed E-state index contributed by atoms with van der Waals surface area (Å²) in [5, 5.41) is 3.00. The van der Waals surface area contributed by atoms with Crippen molar-refractivity contribution in [1.82, 2.24) is 5.32 Å². The van der Waals surface area contributed by atoms with Gasteiger partial charge in [-0.3, -0.25) is 0 Å². The van der Waals surface area contributed by atoms with Gasteiger partial charge in [0.25, 0.3) is 0 Å². The third-order valence-corrected chi connectivity index (χ3v) is 0.929. The molecular formula is C9H15N. The summed E-state index contributed by atoms with van der Waals surface area (Å²) in [5.41, 5.74) is 1.82. The Morgan fingerprint density at radius 1 is 1.50 bits per heavy atom. The number of nitrogens with one attached hydrogen (secondary N) is 1. The standard InChI is InChI=1S/C9H15N/c1-5-6-7-9(4)10-8(2)3/h6-7,10H,2,4-5H2,1,3H3/b7-6-. The molecule has 10 heavy (non-hydrogen) atoms. The van der Waals surface area contributed by atoms with Crippen LogP contribution in [0.4, 0.5) is 0 Å². The van der Waals surface area contributed by atoms with Crippen LogP contribution in [-0.4, -0.2) is 0 Å². The molecule has 0 fully saturated rings. The van der Waals surface area contributed by atoms with Crippen molar-refractivity contribution in [1.29, 1.82) is 0 Å². The molecule has 0 radical (unpaired) electrons. The van der Waals surface area contributed by atoms with Gasteiger partial charge in [-0.15, -0.1) is 0 Å². The van der Waals surface area contributed by atoms with Crippen LogP contribution >= 0.6 is 0 Å². The van der Waals surface area contributed by atoms with Crippen LogP contribution in [0.2, 0.25) is 0 Å². The summed E-state index contributed by atoms with van der Waals surface area (Å²) < 4.78 is 0. The van der Waals surface area contributed by atoms with Crippen molar-refractivity contribution >= 4 is 0 Å². The predicted octanol–water partition coefficient (Wildman–Crippen LogP) is 2.59. The minimum atomic E-state index is 0.898. The van der Waals surface area contributed by atoms with Gasteiger partial charge in [0.15, 0.2) is 0 Å². The summed E-state index contributed by atoms with van der Waals surface area (Å²) in [6, 6.07) is 0. The SMILES string of the molecule is C=C(C)NC(=C)/C=C\CC. The van der Waals surface area contributed by atoms with Gasteiger partial charge in [0, 0.05) is 11.4 Å². The molecule has 0 amide bonds. The second kappa shape index (κ2) is 4.86. The fraction of sp³-hybridized carbons (Fsp3) is 0.333. The molecule has 0 aromatic rings. The molecule has 0 unspecified atom stereocenters. The van der Waals surface area contributed by atoms with E-state index in [0.29, 0.717) is 0 Å². The zero-order chi connectivity index (χ0) is 7.98. The summed E-state index contributed by atoms with van der Waals surface area (Å²) in [5.74, 6) is 0. The van der Waals surface area contributed by atoms with Crippen molar-refractivity contribution in [2.45, 2.75) is 20.3 Å². The van der Waals surface area contributed by atoms with Crippen LogP contribution in [0.5, 0.6) is 0 Å². The van der Waals surface area contributed by atoms with E-state index in [2.05, 4.69) is 31.5 Å². The summed E-state index contributed by atoms with van der Waals surface area (Å²) >= 11 is 0. The lowest BCUT2D eigenvalue weighted by Crippen LogP contribution is -2.05. The Morgan fingerprint density at radius 3 is 2.50 bits per heavy atom. The van der Waals surface area contributed by atoms with Crippen LogP contribution in [-0.2, 0) is 0 Å². The van der Waals surface area contributed by atoms with Gasteiger partial charge in [0.2, 0.25) is 0 Å². The second-order valence-corrected chi connectivity index (χ2v) is 2.24. The number of hydrogen-bond donors (Lipinski definition) is 1. The topological polar surface area (TPSA) is 12.0 Å². The fourth-order valence-corrected chi connectivity index (χ4v) is 0.576. The summed E-state index contributed by atoms with van der Waals surface area (Å²) in [4.78, 5) is 0. The molecule has 0 rings (SSSR count). The Morgan fingerprint density at radius 2 is 2.10 bits per heavy atom. The number of rotatable bonds is 4. The molecule has 0 aliphatic heterocycles. The first-order chi connectivity index (χ1) is 4.66. The van der Waals surface area contributed by atoms with Crippen LogP contribution in [0.1, 0.15) is 20.3 Å². The highest BCUT2D eigenvalue weighted by Crippen LogP contribution is 1.92. The Labute approximate surface area is 63.1 Å². The zero-order valence-electron chi connectivity index (χ0n) is 6.78. The highest BCUT2D eigenvalue weighted by atomic mass is 14.9. The highest BCUT2D eigenvalue weighted by Gasteiger charge is 1.83. The molecule has 0 aliphatic rings. The third kappa shape index (κ3) is 5.16. The summed E-state index contributed by atoms with van der Waals surface area (Å²) in [7, 11) is 0. The first-order valence-electron chi connectivity index (χ1n) is 3.44. The molecular weight excluding hydrogens is 122 g/mol. The normalized spacial score (nSPS) is 9.80. The van der Waals surface area contributed by atoms with Gasteiger partial charge < -0.3 is 5.32 Å². The predicted molar refractivity (Wildman–Crippen MR) is 46.5 cm³/mol. The average Bonchev–Trinajstić information content (AvgIpc) is 1.82. The summed E-state index contributed by atoms with van der Waals surface area (Å²) in [6.07, 6.45) is 5.05. The van der Waals surface area contributed by atoms with Gasteiger partial charge in [-0.05, 0) is 19.4 Å². The third-order valence-electron chi connectivity index (χ3n) is 0.929. The molecule has 0 spiro atoms. The monoisotopic (exact) mass is 137 g/mol. The second-order valence-electron chi connectivity index (χ2n) is 2.24. The first kappa shape index (κ1) is 9.02. The van der Waals surface area contributed by atoms with E-state index in [-0.39, 0.29) is 0 Å².